The molecule has 184 valence electrons. The number of aromatic hydroxyl groups is 1. The molecule has 0 saturated carbocycles. The van der Waals surface area contributed by atoms with Gasteiger partial charge in [0.15, 0.2) is 0 Å². The normalized spacial score (nSPS) is 12.9. The van der Waals surface area contributed by atoms with Gasteiger partial charge in [-0.3, -0.25) is 4.79 Å². The highest BCUT2D eigenvalue weighted by molar-refractivity contribution is 5.88. The van der Waals surface area contributed by atoms with Gasteiger partial charge >= 0.3 is 6.09 Å². The van der Waals surface area contributed by atoms with Crippen LogP contribution >= 0.6 is 0 Å². The van der Waals surface area contributed by atoms with E-state index in [1.165, 1.54) is 0 Å². The van der Waals surface area contributed by atoms with Gasteiger partial charge < -0.3 is 15.2 Å². The number of alkyl carbamates (subject to hydrolysis) is 1. The molecule has 3 N–H and O–H groups in total. The second-order valence-corrected chi connectivity index (χ2v) is 10.3. The Kier molecular flexibility index (Phi) is 8.85. The van der Waals surface area contributed by atoms with Crippen molar-refractivity contribution in [1.29, 1.82) is 0 Å². The lowest BCUT2D eigenvalue weighted by atomic mass is 9.78. The molecular formula is C27H37N3O4. The number of nitrogens with one attached hydrogen (secondary N) is 2. The minimum Gasteiger partial charge on any atom is -0.507 e. The Morgan fingerprint density at radius 1 is 1.03 bits per heavy atom. The molecule has 0 aromatic heterocycles. The zero-order valence-corrected chi connectivity index (χ0v) is 21.2. The third-order valence-corrected chi connectivity index (χ3v) is 5.30. The van der Waals surface area contributed by atoms with Crippen molar-refractivity contribution in [3.8, 4) is 5.75 Å². The summed E-state index contributed by atoms with van der Waals surface area (Å²) in [6.45, 7) is 14.1. The minimum absolute atomic E-state index is 0.205. The highest BCUT2D eigenvalue weighted by Gasteiger charge is 2.26. The molecule has 0 unspecified atom stereocenters. The van der Waals surface area contributed by atoms with E-state index in [2.05, 4.69) is 15.8 Å². The number of hydrazone groups is 1. The van der Waals surface area contributed by atoms with E-state index in [0.717, 1.165) is 22.3 Å². The number of amides is 2. The predicted octanol–water partition coefficient (Wildman–Crippen LogP) is 4.79. The van der Waals surface area contributed by atoms with Crippen molar-refractivity contribution in [2.75, 3.05) is 6.61 Å². The van der Waals surface area contributed by atoms with Crippen LogP contribution in [0.4, 0.5) is 4.79 Å². The summed E-state index contributed by atoms with van der Waals surface area (Å²) in [6.07, 6.45) is 1.18. The molecule has 0 aliphatic heterocycles. The summed E-state index contributed by atoms with van der Waals surface area (Å²) in [5.74, 6) is -0.179. The minimum atomic E-state index is -0.853. The molecule has 0 heterocycles. The van der Waals surface area contributed by atoms with Crippen LogP contribution in [0.2, 0.25) is 0 Å². The Bertz CT molecular complexity index is 983. The molecule has 0 spiro atoms. The fourth-order valence-corrected chi connectivity index (χ4v) is 3.50. The third kappa shape index (κ3) is 7.61. The molecule has 0 aliphatic carbocycles. The maximum atomic E-state index is 12.8. The molecule has 34 heavy (non-hydrogen) atoms. The van der Waals surface area contributed by atoms with Crippen molar-refractivity contribution in [2.24, 2.45) is 5.10 Å². The van der Waals surface area contributed by atoms with Crippen molar-refractivity contribution in [3.63, 3.8) is 0 Å². The first-order valence-corrected chi connectivity index (χ1v) is 11.5. The van der Waals surface area contributed by atoms with Gasteiger partial charge in [0, 0.05) is 17.5 Å². The summed E-state index contributed by atoms with van der Waals surface area (Å²) < 4.78 is 4.94. The average molecular weight is 468 g/mol. The fourth-order valence-electron chi connectivity index (χ4n) is 3.50. The number of ether oxygens (including phenoxy) is 1. The highest BCUT2D eigenvalue weighted by atomic mass is 16.5. The van der Waals surface area contributed by atoms with Crippen molar-refractivity contribution < 1.29 is 19.4 Å². The molecule has 2 amide bonds. The molecule has 2 aromatic rings. The largest absolute Gasteiger partial charge is 0.507 e. The first-order chi connectivity index (χ1) is 15.8. The van der Waals surface area contributed by atoms with Crippen molar-refractivity contribution in [2.45, 2.75) is 71.8 Å². The molecular weight excluding hydrogens is 430 g/mol. The van der Waals surface area contributed by atoms with Gasteiger partial charge in [-0.05, 0) is 41.0 Å². The van der Waals surface area contributed by atoms with E-state index in [0.29, 0.717) is 6.42 Å². The fraction of sp³-hybridized carbons (Fsp3) is 0.444. The summed E-state index contributed by atoms with van der Waals surface area (Å²) in [6, 6.07) is 12.3. The van der Waals surface area contributed by atoms with Crippen LogP contribution < -0.4 is 10.7 Å². The van der Waals surface area contributed by atoms with Gasteiger partial charge in [-0.1, -0.05) is 71.9 Å². The monoisotopic (exact) mass is 467 g/mol. The topological polar surface area (TPSA) is 100 Å². The van der Waals surface area contributed by atoms with Gasteiger partial charge in [0.2, 0.25) is 0 Å². The van der Waals surface area contributed by atoms with E-state index >= 15 is 0 Å². The molecule has 7 nitrogen and oxygen atoms in total. The van der Waals surface area contributed by atoms with E-state index in [4.69, 9.17) is 4.74 Å². The van der Waals surface area contributed by atoms with Crippen molar-refractivity contribution >= 4 is 18.2 Å². The molecule has 1 atom stereocenters. The summed E-state index contributed by atoms with van der Waals surface area (Å²) >= 11 is 0. The van der Waals surface area contributed by atoms with Gasteiger partial charge in [0.25, 0.3) is 5.91 Å². The van der Waals surface area contributed by atoms with E-state index in [1.54, 1.807) is 13.1 Å². The number of hydrogen-bond donors (Lipinski definition) is 3. The lowest BCUT2D eigenvalue weighted by Crippen LogP contribution is -2.47. The van der Waals surface area contributed by atoms with Crippen LogP contribution in [-0.4, -0.2) is 36.0 Å². The molecule has 7 heteroatoms. The van der Waals surface area contributed by atoms with Gasteiger partial charge in [0.05, 0.1) is 12.8 Å². The number of hydrogen-bond acceptors (Lipinski definition) is 5. The first-order valence-electron chi connectivity index (χ1n) is 11.5. The quantitative estimate of drug-likeness (QED) is 0.402. The van der Waals surface area contributed by atoms with E-state index in [1.807, 2.05) is 84.0 Å². The molecule has 0 fully saturated rings. The second kappa shape index (κ2) is 11.2. The smallest absolute Gasteiger partial charge is 0.407 e. The van der Waals surface area contributed by atoms with Crippen LogP contribution in [0.5, 0.6) is 5.75 Å². The molecule has 0 saturated heterocycles. The van der Waals surface area contributed by atoms with Crippen LogP contribution in [0.3, 0.4) is 0 Å². The Morgan fingerprint density at radius 3 is 2.09 bits per heavy atom. The van der Waals surface area contributed by atoms with E-state index < -0.39 is 18.0 Å². The number of benzene rings is 2. The number of phenols is 1. The van der Waals surface area contributed by atoms with Crippen LogP contribution in [-0.2, 0) is 26.8 Å². The average Bonchev–Trinajstić information content (AvgIpc) is 2.73. The Morgan fingerprint density at radius 2 is 1.59 bits per heavy atom. The summed E-state index contributed by atoms with van der Waals surface area (Å²) in [7, 11) is 0. The number of carbonyl (C=O) groups is 2. The van der Waals surface area contributed by atoms with E-state index in [9.17, 15) is 14.7 Å². The van der Waals surface area contributed by atoms with Gasteiger partial charge in [0.1, 0.15) is 11.8 Å². The molecule has 0 radical (unpaired) electrons. The van der Waals surface area contributed by atoms with Gasteiger partial charge in [-0.15, -0.1) is 0 Å². The van der Waals surface area contributed by atoms with Gasteiger partial charge in [-0.2, -0.15) is 5.10 Å². The summed E-state index contributed by atoms with van der Waals surface area (Å²) in [4.78, 5) is 24.8. The maximum Gasteiger partial charge on any atom is 0.407 e. The molecule has 0 aliphatic rings. The van der Waals surface area contributed by atoms with Crippen LogP contribution in [0, 0.1) is 0 Å². The highest BCUT2D eigenvalue weighted by Crippen LogP contribution is 2.39. The summed E-state index contributed by atoms with van der Waals surface area (Å²) in [5, 5.41) is 17.6. The first kappa shape index (κ1) is 26.9. The maximum absolute atomic E-state index is 12.8. The second-order valence-electron chi connectivity index (χ2n) is 10.3. The number of nitrogens with zero attached hydrogens (tertiary/aromatic N) is 1. The van der Waals surface area contributed by atoms with Crippen LogP contribution in [0.1, 0.15) is 70.7 Å². The SMILES string of the molecule is CCOC(=O)N[C@@H](Cc1ccccc1)C(=O)N/N=C\c1cc(C(C)(C)C)c(O)c(C(C)(C)C)c1. The lowest BCUT2D eigenvalue weighted by Gasteiger charge is -2.27. The third-order valence-electron chi connectivity index (χ3n) is 5.30. The Labute approximate surface area is 202 Å². The predicted molar refractivity (Wildman–Crippen MR) is 135 cm³/mol. The molecule has 2 aromatic carbocycles. The molecule has 0 bridgehead atoms. The van der Waals surface area contributed by atoms with Crippen LogP contribution in [0.25, 0.3) is 0 Å². The Hall–Kier alpha value is -3.35. The molecule has 2 rings (SSSR count). The standard InChI is InChI=1S/C27H37N3O4/c1-8-34-25(33)29-22(16-18-12-10-9-11-13-18)24(32)30-28-17-19-14-20(26(2,3)4)23(31)21(15-19)27(5,6)7/h9-15,17,22,31H,8,16H2,1-7H3,(H,29,33)(H,30,32)/b28-17-/t22-/m0/s1. The van der Waals surface area contributed by atoms with Crippen LogP contribution in [0.15, 0.2) is 47.6 Å². The van der Waals surface area contributed by atoms with Crippen molar-refractivity contribution in [3.05, 3.63) is 64.7 Å². The Balaban J connectivity index is 2.26. The van der Waals surface area contributed by atoms with Gasteiger partial charge in [-0.25, -0.2) is 10.2 Å². The zero-order chi connectivity index (χ0) is 25.5. The number of carbonyl (C=O) groups excluding carboxylic acids is 2. The number of rotatable bonds is 7. The lowest BCUT2D eigenvalue weighted by molar-refractivity contribution is -0.123. The van der Waals surface area contributed by atoms with E-state index in [-0.39, 0.29) is 23.2 Å². The number of phenolic OH excluding ortho intramolecular Hbond substituents is 1. The van der Waals surface area contributed by atoms with Crippen molar-refractivity contribution in [1.82, 2.24) is 10.7 Å². The zero-order valence-electron chi connectivity index (χ0n) is 21.2. The summed E-state index contributed by atoms with van der Waals surface area (Å²) in [5.41, 5.74) is 5.23.